The molecule has 33 heavy (non-hydrogen) atoms. The normalized spacial score (nSPS) is 19.1. The fourth-order valence-electron chi connectivity index (χ4n) is 4.88. The molecule has 0 aliphatic carbocycles. The topological polar surface area (TPSA) is 63.1 Å². The van der Waals surface area contributed by atoms with Crippen LogP contribution in [0.5, 0.6) is 0 Å². The molecule has 1 fully saturated rings. The van der Waals surface area contributed by atoms with Gasteiger partial charge >= 0.3 is 0 Å². The smallest absolute Gasteiger partial charge is 0.228 e. The first-order valence-electron chi connectivity index (χ1n) is 11.9. The number of amides is 1. The summed E-state index contributed by atoms with van der Waals surface area (Å²) >= 11 is 0. The first-order valence-corrected chi connectivity index (χ1v) is 11.9. The van der Waals surface area contributed by atoms with Gasteiger partial charge in [-0.2, -0.15) is 5.10 Å². The van der Waals surface area contributed by atoms with Gasteiger partial charge in [0.05, 0.1) is 11.6 Å². The van der Waals surface area contributed by atoms with Crippen LogP contribution in [0.1, 0.15) is 43.5 Å². The van der Waals surface area contributed by atoms with E-state index in [-0.39, 0.29) is 11.9 Å². The number of aromatic nitrogens is 3. The van der Waals surface area contributed by atoms with Crippen LogP contribution in [0.3, 0.4) is 0 Å². The average Bonchev–Trinajstić information content (AvgIpc) is 3.12. The van der Waals surface area contributed by atoms with E-state index in [4.69, 9.17) is 0 Å². The van der Waals surface area contributed by atoms with Crippen LogP contribution in [0, 0.1) is 12.3 Å². The molecule has 1 amide bonds. The predicted octanol–water partition coefficient (Wildman–Crippen LogP) is 4.14. The third kappa shape index (κ3) is 5.33. The van der Waals surface area contributed by atoms with Gasteiger partial charge in [-0.25, -0.2) is 0 Å². The molecule has 1 N–H and O–H groups in total. The summed E-state index contributed by atoms with van der Waals surface area (Å²) in [5.41, 5.74) is 5.50. The van der Waals surface area contributed by atoms with Crippen molar-refractivity contribution in [2.24, 2.45) is 12.5 Å². The maximum absolute atomic E-state index is 13.5. The molecule has 4 rings (SSSR count). The van der Waals surface area contributed by atoms with Crippen molar-refractivity contribution in [3.8, 4) is 11.1 Å². The molecule has 3 heterocycles. The maximum atomic E-state index is 13.5. The number of benzene rings is 1. The maximum Gasteiger partial charge on any atom is 0.228 e. The highest BCUT2D eigenvalue weighted by Crippen LogP contribution is 2.36. The summed E-state index contributed by atoms with van der Waals surface area (Å²) in [6.07, 6.45) is 8.24. The number of pyridine rings is 1. The Labute approximate surface area is 197 Å². The van der Waals surface area contributed by atoms with E-state index in [9.17, 15) is 4.79 Å². The molecule has 1 unspecified atom stereocenters. The predicted molar refractivity (Wildman–Crippen MR) is 132 cm³/mol. The molecular weight excluding hydrogens is 410 g/mol. The summed E-state index contributed by atoms with van der Waals surface area (Å²) < 4.78 is 1.92. The Morgan fingerprint density at radius 2 is 1.82 bits per heavy atom. The molecule has 1 atom stereocenters. The molecule has 1 aromatic carbocycles. The van der Waals surface area contributed by atoms with Gasteiger partial charge in [0, 0.05) is 49.8 Å². The number of hydrogen-bond acceptors (Lipinski definition) is 4. The summed E-state index contributed by atoms with van der Waals surface area (Å²) in [5, 5.41) is 7.62. The number of carbonyl (C=O) groups is 1. The zero-order chi connectivity index (χ0) is 23.4. The summed E-state index contributed by atoms with van der Waals surface area (Å²) in [7, 11) is 1.98. The minimum Gasteiger partial charge on any atom is -0.353 e. The standard InChI is InChI=1S/C27H35N5O/c1-20(2)30-26(33)27(12-5-15-32(19-27)18-25-17-29-31(4)21(25)3)16-22-6-8-23(9-7-22)24-10-13-28-14-11-24/h6-11,13-14,17,20H,5,12,15-16,18-19H2,1-4H3,(H,30,33). The van der Waals surface area contributed by atoms with Crippen molar-refractivity contribution in [1.29, 1.82) is 0 Å². The molecular formula is C27H35N5O. The van der Waals surface area contributed by atoms with E-state index in [0.717, 1.165) is 44.5 Å². The number of aryl methyl sites for hydroxylation is 1. The zero-order valence-electron chi connectivity index (χ0n) is 20.2. The van der Waals surface area contributed by atoms with Crippen molar-refractivity contribution in [1.82, 2.24) is 25.0 Å². The zero-order valence-corrected chi connectivity index (χ0v) is 20.2. The highest BCUT2D eigenvalue weighted by Gasteiger charge is 2.42. The number of nitrogens with zero attached hydrogens (tertiary/aromatic N) is 4. The van der Waals surface area contributed by atoms with E-state index < -0.39 is 5.41 Å². The Balaban J connectivity index is 1.56. The van der Waals surface area contributed by atoms with Crippen molar-refractivity contribution >= 4 is 5.91 Å². The van der Waals surface area contributed by atoms with Crippen molar-refractivity contribution in [3.63, 3.8) is 0 Å². The van der Waals surface area contributed by atoms with E-state index in [1.165, 1.54) is 22.4 Å². The van der Waals surface area contributed by atoms with Crippen LogP contribution in [0.25, 0.3) is 11.1 Å². The Kier molecular flexibility index (Phi) is 6.94. The van der Waals surface area contributed by atoms with Gasteiger partial charge in [-0.1, -0.05) is 24.3 Å². The second-order valence-corrected chi connectivity index (χ2v) is 9.71. The summed E-state index contributed by atoms with van der Waals surface area (Å²) in [6, 6.07) is 12.8. The fourth-order valence-corrected chi connectivity index (χ4v) is 4.88. The molecule has 174 valence electrons. The monoisotopic (exact) mass is 445 g/mol. The average molecular weight is 446 g/mol. The number of hydrogen-bond donors (Lipinski definition) is 1. The number of piperidine rings is 1. The van der Waals surface area contributed by atoms with Gasteiger partial charge in [-0.3, -0.25) is 19.4 Å². The summed E-state index contributed by atoms with van der Waals surface area (Å²) in [4.78, 5) is 20.1. The second-order valence-electron chi connectivity index (χ2n) is 9.71. The van der Waals surface area contributed by atoms with Crippen LogP contribution >= 0.6 is 0 Å². The van der Waals surface area contributed by atoms with Crippen LogP contribution in [0.15, 0.2) is 55.0 Å². The molecule has 1 saturated heterocycles. The molecule has 0 spiro atoms. The lowest BCUT2D eigenvalue weighted by atomic mass is 9.74. The second kappa shape index (κ2) is 9.87. The van der Waals surface area contributed by atoms with Gasteiger partial charge in [0.25, 0.3) is 0 Å². The lowest BCUT2D eigenvalue weighted by Crippen LogP contribution is -2.54. The molecule has 0 saturated carbocycles. The van der Waals surface area contributed by atoms with Gasteiger partial charge in [0.1, 0.15) is 0 Å². The van der Waals surface area contributed by atoms with Gasteiger partial charge in [0.2, 0.25) is 5.91 Å². The van der Waals surface area contributed by atoms with Crippen molar-refractivity contribution in [2.45, 2.75) is 52.6 Å². The van der Waals surface area contributed by atoms with Gasteiger partial charge in [0.15, 0.2) is 0 Å². The molecule has 2 aromatic heterocycles. The first kappa shape index (κ1) is 23.2. The van der Waals surface area contributed by atoms with Crippen molar-refractivity contribution in [2.75, 3.05) is 13.1 Å². The van der Waals surface area contributed by atoms with E-state index in [1.54, 1.807) is 0 Å². The number of carbonyl (C=O) groups excluding carboxylic acids is 1. The van der Waals surface area contributed by atoms with Crippen LogP contribution in [0.2, 0.25) is 0 Å². The Morgan fingerprint density at radius 3 is 2.45 bits per heavy atom. The molecule has 6 heteroatoms. The van der Waals surface area contributed by atoms with E-state index in [2.05, 4.69) is 51.5 Å². The number of likely N-dealkylation sites (tertiary alicyclic amines) is 1. The quantitative estimate of drug-likeness (QED) is 0.594. The lowest BCUT2D eigenvalue weighted by Gasteiger charge is -2.42. The fraction of sp³-hybridized carbons (Fsp3) is 0.444. The number of nitrogens with one attached hydrogen (secondary N) is 1. The minimum atomic E-state index is -0.434. The minimum absolute atomic E-state index is 0.124. The van der Waals surface area contributed by atoms with Crippen LogP contribution in [-0.2, 0) is 24.8 Å². The van der Waals surface area contributed by atoms with Gasteiger partial charge in [-0.15, -0.1) is 0 Å². The SMILES string of the molecule is Cc1c(CN2CCCC(Cc3ccc(-c4ccncc4)cc3)(C(=O)NC(C)C)C2)cnn1C. The Hall–Kier alpha value is -2.99. The van der Waals surface area contributed by atoms with E-state index in [1.807, 2.05) is 56.3 Å². The molecule has 1 aliphatic heterocycles. The Bertz CT molecular complexity index is 1070. The highest BCUT2D eigenvalue weighted by atomic mass is 16.2. The summed E-state index contributed by atoms with van der Waals surface area (Å²) in [6.45, 7) is 8.77. The van der Waals surface area contributed by atoms with Gasteiger partial charge < -0.3 is 5.32 Å². The van der Waals surface area contributed by atoms with Crippen LogP contribution in [0.4, 0.5) is 0 Å². The number of rotatable bonds is 7. The van der Waals surface area contributed by atoms with E-state index >= 15 is 0 Å². The van der Waals surface area contributed by atoms with E-state index in [0.29, 0.717) is 0 Å². The highest BCUT2D eigenvalue weighted by molar-refractivity contribution is 5.83. The van der Waals surface area contributed by atoms with Crippen LogP contribution in [-0.4, -0.2) is 44.7 Å². The molecule has 1 aliphatic rings. The third-order valence-electron chi connectivity index (χ3n) is 6.80. The lowest BCUT2D eigenvalue weighted by molar-refractivity contribution is -0.135. The molecule has 0 bridgehead atoms. The first-order chi connectivity index (χ1) is 15.9. The Morgan fingerprint density at radius 1 is 1.12 bits per heavy atom. The van der Waals surface area contributed by atoms with Crippen molar-refractivity contribution < 1.29 is 4.79 Å². The molecule has 3 aromatic rings. The molecule has 0 radical (unpaired) electrons. The molecule has 6 nitrogen and oxygen atoms in total. The van der Waals surface area contributed by atoms with Gasteiger partial charge in [-0.05, 0) is 75.4 Å². The third-order valence-corrected chi connectivity index (χ3v) is 6.80. The van der Waals surface area contributed by atoms with Crippen molar-refractivity contribution in [3.05, 3.63) is 71.8 Å². The van der Waals surface area contributed by atoms with Crippen LogP contribution < -0.4 is 5.32 Å². The summed E-state index contributed by atoms with van der Waals surface area (Å²) in [5.74, 6) is 0.170. The largest absolute Gasteiger partial charge is 0.353 e.